The Morgan fingerprint density at radius 3 is 2.74 bits per heavy atom. The minimum Gasteiger partial charge on any atom is -0.344 e. The lowest BCUT2D eigenvalue weighted by Gasteiger charge is -2.21. The second-order valence-corrected chi connectivity index (χ2v) is 7.02. The molecule has 0 aliphatic rings. The zero-order valence-electron chi connectivity index (χ0n) is 16.6. The number of anilines is 1. The van der Waals surface area contributed by atoms with Gasteiger partial charge in [-0.05, 0) is 30.7 Å². The highest BCUT2D eigenvalue weighted by atomic mass is 19.1. The predicted molar refractivity (Wildman–Crippen MR) is 116 cm³/mol. The highest BCUT2D eigenvalue weighted by Gasteiger charge is 2.22. The maximum atomic E-state index is 14.5. The maximum absolute atomic E-state index is 14.5. The predicted octanol–water partition coefficient (Wildman–Crippen LogP) is 3.75. The molecule has 154 valence electrons. The molecule has 0 fully saturated rings. The second-order valence-electron chi connectivity index (χ2n) is 7.02. The first-order valence-corrected chi connectivity index (χ1v) is 9.85. The van der Waals surface area contributed by atoms with Gasteiger partial charge in [0.2, 0.25) is 5.95 Å². The minimum atomic E-state index is -0.598. The van der Waals surface area contributed by atoms with Gasteiger partial charge in [-0.3, -0.25) is 9.36 Å². The third kappa shape index (κ3) is 3.29. The number of imidazole rings is 1. The average molecular weight is 415 g/mol. The van der Waals surface area contributed by atoms with Crippen LogP contribution in [-0.4, -0.2) is 29.5 Å². The van der Waals surface area contributed by atoms with Crippen molar-refractivity contribution in [1.82, 2.24) is 29.5 Å². The summed E-state index contributed by atoms with van der Waals surface area (Å²) in [5.74, 6) is 0.210. The van der Waals surface area contributed by atoms with Crippen molar-refractivity contribution in [3.8, 4) is 5.69 Å². The van der Waals surface area contributed by atoms with Crippen LogP contribution in [0.15, 0.2) is 65.8 Å². The lowest BCUT2D eigenvalue weighted by molar-refractivity contribution is 0.629. The van der Waals surface area contributed by atoms with Crippen LogP contribution in [0.2, 0.25) is 0 Å². The van der Waals surface area contributed by atoms with Gasteiger partial charge in [0.25, 0.3) is 5.56 Å². The highest BCUT2D eigenvalue weighted by molar-refractivity contribution is 5.78. The SMILES string of the molecule is CC[C@H](Nc1ncc2[nH]cnc2n1)c1nc2cccc(F)c2c(=O)n1-c1ccccc1. The van der Waals surface area contributed by atoms with E-state index in [-0.39, 0.29) is 5.39 Å². The molecule has 8 nitrogen and oxygen atoms in total. The summed E-state index contributed by atoms with van der Waals surface area (Å²) in [7, 11) is 0. The summed E-state index contributed by atoms with van der Waals surface area (Å²) in [5, 5.41) is 3.21. The van der Waals surface area contributed by atoms with Crippen molar-refractivity contribution in [3.63, 3.8) is 0 Å². The van der Waals surface area contributed by atoms with Crippen molar-refractivity contribution in [2.45, 2.75) is 19.4 Å². The van der Waals surface area contributed by atoms with Crippen LogP contribution < -0.4 is 10.9 Å². The zero-order valence-corrected chi connectivity index (χ0v) is 16.6. The minimum absolute atomic E-state index is 0.0425. The Hall–Kier alpha value is -4.14. The molecule has 3 aromatic heterocycles. The molecule has 0 aliphatic carbocycles. The number of hydrogen-bond acceptors (Lipinski definition) is 6. The van der Waals surface area contributed by atoms with E-state index >= 15 is 0 Å². The number of H-pyrrole nitrogens is 1. The van der Waals surface area contributed by atoms with E-state index in [9.17, 15) is 9.18 Å². The van der Waals surface area contributed by atoms with E-state index in [1.807, 2.05) is 25.1 Å². The summed E-state index contributed by atoms with van der Waals surface area (Å²) < 4.78 is 16.0. The summed E-state index contributed by atoms with van der Waals surface area (Å²) in [6.45, 7) is 1.96. The fourth-order valence-electron chi connectivity index (χ4n) is 3.58. The van der Waals surface area contributed by atoms with Crippen LogP contribution in [0.4, 0.5) is 10.3 Å². The van der Waals surface area contributed by atoms with Gasteiger partial charge in [-0.25, -0.2) is 19.3 Å². The molecule has 0 radical (unpaired) electrons. The second kappa shape index (κ2) is 7.60. The number of nitrogens with one attached hydrogen (secondary N) is 2. The molecule has 2 aromatic carbocycles. The number of benzene rings is 2. The van der Waals surface area contributed by atoms with Crippen LogP contribution in [0, 0.1) is 5.82 Å². The first-order valence-electron chi connectivity index (χ1n) is 9.85. The van der Waals surface area contributed by atoms with E-state index in [1.54, 1.807) is 36.8 Å². The van der Waals surface area contributed by atoms with E-state index in [0.29, 0.717) is 35.0 Å². The Labute approximate surface area is 175 Å². The van der Waals surface area contributed by atoms with E-state index in [0.717, 1.165) is 5.52 Å². The molecule has 9 heteroatoms. The van der Waals surface area contributed by atoms with Gasteiger partial charge in [0.05, 0.1) is 29.8 Å². The van der Waals surface area contributed by atoms with Crippen molar-refractivity contribution in [2.24, 2.45) is 0 Å². The summed E-state index contributed by atoms with van der Waals surface area (Å²) in [6, 6.07) is 13.1. The van der Waals surface area contributed by atoms with Crippen LogP contribution in [-0.2, 0) is 0 Å². The average Bonchev–Trinajstić information content (AvgIpc) is 3.26. The molecule has 0 aliphatic heterocycles. The van der Waals surface area contributed by atoms with Gasteiger partial charge in [-0.2, -0.15) is 4.98 Å². The number of fused-ring (bicyclic) bond motifs is 2. The highest BCUT2D eigenvalue weighted by Crippen LogP contribution is 2.24. The van der Waals surface area contributed by atoms with Gasteiger partial charge in [0.1, 0.15) is 22.5 Å². The molecular weight excluding hydrogens is 397 g/mol. The van der Waals surface area contributed by atoms with Gasteiger partial charge < -0.3 is 10.3 Å². The molecule has 0 bridgehead atoms. The van der Waals surface area contributed by atoms with Crippen LogP contribution in [0.25, 0.3) is 27.8 Å². The third-order valence-electron chi connectivity index (χ3n) is 5.09. The summed E-state index contributed by atoms with van der Waals surface area (Å²) in [5.41, 5.74) is 1.69. The van der Waals surface area contributed by atoms with E-state index in [4.69, 9.17) is 0 Å². The van der Waals surface area contributed by atoms with Gasteiger partial charge in [-0.1, -0.05) is 31.2 Å². The van der Waals surface area contributed by atoms with Crippen LogP contribution >= 0.6 is 0 Å². The molecule has 1 atom stereocenters. The molecular formula is C22H18FN7O. The first kappa shape index (κ1) is 18.9. The molecule has 3 heterocycles. The number of halogens is 1. The quantitative estimate of drug-likeness (QED) is 0.453. The maximum Gasteiger partial charge on any atom is 0.269 e. The number of rotatable bonds is 5. The number of nitrogens with zero attached hydrogens (tertiary/aromatic N) is 5. The summed E-state index contributed by atoms with van der Waals surface area (Å²) in [6.07, 6.45) is 3.77. The van der Waals surface area contributed by atoms with Crippen molar-refractivity contribution in [3.05, 3.63) is 83.1 Å². The molecule has 0 spiro atoms. The Kier molecular flexibility index (Phi) is 4.62. The third-order valence-corrected chi connectivity index (χ3v) is 5.09. The standard InChI is InChI=1S/C22H18FN7O/c1-2-15(28-22-24-11-17-19(29-22)26-12-25-17)20-27-16-10-6-9-14(23)18(16)21(31)30(20)13-7-4-3-5-8-13/h3-12,15H,2H2,1H3,(H2,24,25,26,28,29)/t15-/m0/s1. The van der Waals surface area contributed by atoms with E-state index in [2.05, 4.69) is 30.2 Å². The molecule has 0 amide bonds. The van der Waals surface area contributed by atoms with Crippen LogP contribution in [0.5, 0.6) is 0 Å². The summed E-state index contributed by atoms with van der Waals surface area (Å²) in [4.78, 5) is 33.9. The van der Waals surface area contributed by atoms with Crippen molar-refractivity contribution < 1.29 is 4.39 Å². The Morgan fingerprint density at radius 2 is 1.94 bits per heavy atom. The first-order chi connectivity index (χ1) is 15.2. The molecule has 5 aromatic rings. The number of aromatic amines is 1. The van der Waals surface area contributed by atoms with Crippen molar-refractivity contribution in [1.29, 1.82) is 0 Å². The lowest BCUT2D eigenvalue weighted by Crippen LogP contribution is -2.29. The largest absolute Gasteiger partial charge is 0.344 e. The lowest BCUT2D eigenvalue weighted by atomic mass is 10.1. The fraction of sp³-hybridized carbons (Fsp3) is 0.136. The number of para-hydroxylation sites is 1. The molecule has 0 saturated carbocycles. The molecule has 0 saturated heterocycles. The summed E-state index contributed by atoms with van der Waals surface area (Å²) >= 11 is 0. The van der Waals surface area contributed by atoms with E-state index < -0.39 is 17.4 Å². The zero-order chi connectivity index (χ0) is 21.4. The molecule has 5 rings (SSSR count). The van der Waals surface area contributed by atoms with Gasteiger partial charge in [-0.15, -0.1) is 0 Å². The van der Waals surface area contributed by atoms with Crippen molar-refractivity contribution >= 4 is 28.0 Å². The Balaban J connectivity index is 1.70. The fourth-order valence-corrected chi connectivity index (χ4v) is 3.58. The smallest absolute Gasteiger partial charge is 0.269 e. The topological polar surface area (TPSA) is 101 Å². The molecule has 2 N–H and O–H groups in total. The van der Waals surface area contributed by atoms with Gasteiger partial charge in [0.15, 0.2) is 5.65 Å². The number of aromatic nitrogens is 6. The van der Waals surface area contributed by atoms with Gasteiger partial charge in [0, 0.05) is 0 Å². The van der Waals surface area contributed by atoms with E-state index in [1.165, 1.54) is 10.6 Å². The van der Waals surface area contributed by atoms with Crippen LogP contribution in [0.1, 0.15) is 25.2 Å². The Morgan fingerprint density at radius 1 is 1.10 bits per heavy atom. The van der Waals surface area contributed by atoms with Gasteiger partial charge >= 0.3 is 0 Å². The number of hydrogen-bond donors (Lipinski definition) is 2. The van der Waals surface area contributed by atoms with Crippen molar-refractivity contribution in [2.75, 3.05) is 5.32 Å². The molecule has 31 heavy (non-hydrogen) atoms. The monoisotopic (exact) mass is 415 g/mol. The normalized spacial score (nSPS) is 12.3. The Bertz CT molecular complexity index is 1450. The molecule has 0 unspecified atom stereocenters. The van der Waals surface area contributed by atoms with Crippen LogP contribution in [0.3, 0.4) is 0 Å².